The number of fused-ring (bicyclic) bond motifs is 7. The number of ketones is 1. The monoisotopic (exact) mass is 1840 g/mol. The molecule has 3 aromatic rings. The van der Waals surface area contributed by atoms with E-state index in [1.165, 1.54) is 74.5 Å². The number of nitrogens with one attached hydrogen (secondary N) is 9. The van der Waals surface area contributed by atoms with Gasteiger partial charge < -0.3 is 77.9 Å². The average Bonchev–Trinajstić information content (AvgIpc) is 1.63. The minimum atomic E-state index is -1.64. The van der Waals surface area contributed by atoms with Crippen molar-refractivity contribution in [3.8, 4) is 5.75 Å². The number of aromatic hydroxyl groups is 1. The van der Waals surface area contributed by atoms with Crippen LogP contribution < -0.4 is 53.6 Å². The lowest BCUT2D eigenvalue weighted by Crippen LogP contribution is -2.61. The fraction of sp³-hybridized carbons (Fsp3) is 0.610. The largest absolute Gasteiger partial charge is 0.508 e. The Morgan fingerprint density at radius 2 is 1.45 bits per heavy atom. The van der Waals surface area contributed by atoms with Crippen molar-refractivity contribution in [1.29, 1.82) is 0 Å². The Morgan fingerprint density at radius 3 is 2.20 bits per heavy atom. The molecule has 5 aliphatic heterocycles. The number of likely N-dealkylation sites (tertiary alicyclic amines) is 2. The smallest absolute Gasteiger partial charge is 0.407 e. The molecule has 13 rings (SSSR count). The summed E-state index contributed by atoms with van der Waals surface area (Å²) in [5.41, 5.74) is 9.13. The summed E-state index contributed by atoms with van der Waals surface area (Å²) in [6, 6.07) is 5.20. The van der Waals surface area contributed by atoms with E-state index in [1.807, 2.05) is 86.1 Å². The Bertz CT molecular complexity index is 4840. The highest BCUT2D eigenvalue weighted by molar-refractivity contribution is 8.76. The number of ether oxygens (including phenoxy) is 1. The standard InChI is InChI=1S/C100H138N14O15S2/c1-58(2)20-16-21-60(5)73-38-39-74-72-37-34-68-52-70(40-42-99(68,7)75(72)41-43-100(73,74)8)129-98(128)102-44-15-14-27-77-89(119)110-86(59(3)4)95(125)109-82(93(123)111-87(61(6)115)88(101)118)57-131-130-56-81(92(122)106-79(49-62-31-35-69(116)36-32-62)90(120)105-78(85(117)54-104-77)51-67-53-103-76-26-13-12-25-71(67)76)108-91(121)80(50-63-30-33-64-22-10-11-23-65(64)48-63)107-94(124)83-28-18-46-113(83)97(127)84-29-19-47-114(84)96(126)66-24-17-45-112(9)55-66/h10-13,17,22-23,25-26,30-36,45,48,53,55,58-61,67,70-84,86-87,104,115-116H,14-16,18-21,24,27-29,37-44,46-47,49-52,54,56-57H2,1-9H3,(H2,101,118)(H,102,128)(H,105,120)(H,106,122)(H,107,124)(H,108,121)(H,109,125)(H,110,119)(H,111,123). The zero-order valence-corrected chi connectivity index (χ0v) is 79.1. The number of nitrogens with zero attached hydrogens (tertiary/aromatic N) is 4. The molecule has 0 aromatic heterocycles. The van der Waals surface area contributed by atoms with Gasteiger partial charge in [0.05, 0.1) is 30.8 Å². The Hall–Kier alpha value is -9.85. The lowest BCUT2D eigenvalue weighted by molar-refractivity contribution is -0.146. The number of carbonyl (C=O) groups is 12. The van der Waals surface area contributed by atoms with Gasteiger partial charge in [-0.15, -0.1) is 0 Å². The van der Waals surface area contributed by atoms with E-state index in [0.717, 1.165) is 75.3 Å². The minimum Gasteiger partial charge on any atom is -0.508 e. The normalized spacial score (nSPS) is 30.5. The van der Waals surface area contributed by atoms with Gasteiger partial charge in [0.2, 0.25) is 53.2 Å². The molecular formula is C100H138N14O15S2. The lowest BCUT2D eigenvalue weighted by Gasteiger charge is -2.58. The molecule has 22 atom stereocenters. The third-order valence-corrected chi connectivity index (χ3v) is 32.3. The molecule has 10 aliphatic rings. The van der Waals surface area contributed by atoms with E-state index in [0.29, 0.717) is 85.4 Å². The van der Waals surface area contributed by atoms with Crippen molar-refractivity contribution in [2.45, 2.75) is 275 Å². The Morgan fingerprint density at radius 1 is 0.725 bits per heavy atom. The van der Waals surface area contributed by atoms with Gasteiger partial charge in [-0.25, -0.2) is 4.79 Å². The number of phenols is 1. The molecule has 131 heavy (non-hydrogen) atoms. The predicted octanol–water partition coefficient (Wildman–Crippen LogP) is 9.39. The molecule has 0 radical (unpaired) electrons. The van der Waals surface area contributed by atoms with Gasteiger partial charge >= 0.3 is 6.09 Å². The van der Waals surface area contributed by atoms with Crippen LogP contribution in [0, 0.1) is 64.1 Å². The summed E-state index contributed by atoms with van der Waals surface area (Å²) in [6.07, 6.45) is 29.9. The second kappa shape index (κ2) is 44.8. The van der Waals surface area contributed by atoms with Gasteiger partial charge in [-0.3, -0.25) is 63.0 Å². The van der Waals surface area contributed by atoms with Crippen LogP contribution in [0.5, 0.6) is 5.75 Å². The van der Waals surface area contributed by atoms with E-state index in [1.54, 1.807) is 48.2 Å². The van der Waals surface area contributed by atoms with Crippen molar-refractivity contribution in [1.82, 2.24) is 62.6 Å². The molecule has 31 heteroatoms. The number of primary amides is 1. The molecular weight excluding hydrogens is 1700 g/mol. The molecule has 3 aromatic carbocycles. The van der Waals surface area contributed by atoms with Gasteiger partial charge in [-0.1, -0.05) is 186 Å². The van der Waals surface area contributed by atoms with Gasteiger partial charge in [0.1, 0.15) is 60.2 Å². The number of hydrogen-bond donors (Lipinski definition) is 12. The van der Waals surface area contributed by atoms with Crippen molar-refractivity contribution >= 4 is 110 Å². The van der Waals surface area contributed by atoms with E-state index in [2.05, 4.69) is 88.5 Å². The fourth-order valence-corrected chi connectivity index (χ4v) is 24.9. The molecule has 0 spiro atoms. The molecule has 710 valence electrons. The molecule has 13 N–H and O–H groups in total. The summed E-state index contributed by atoms with van der Waals surface area (Å²) in [7, 11) is 3.73. The van der Waals surface area contributed by atoms with Crippen LogP contribution in [0.25, 0.3) is 10.8 Å². The summed E-state index contributed by atoms with van der Waals surface area (Å²) in [5, 5.41) is 49.0. The number of amides is 11. The van der Waals surface area contributed by atoms with E-state index in [4.69, 9.17) is 15.5 Å². The molecule has 6 fully saturated rings. The molecule has 11 amide bonds. The maximum Gasteiger partial charge on any atom is 0.407 e. The number of unbranched alkanes of at least 4 members (excludes halogenated alkanes) is 1. The fourth-order valence-electron chi connectivity index (χ4n) is 22.6. The van der Waals surface area contributed by atoms with Crippen molar-refractivity contribution < 1.29 is 72.5 Å². The number of Topliss-reactive ketones (excluding diaryl/α,β-unsaturated/α-hetero) is 1. The number of carbonyl (C=O) groups excluding carboxylic acids is 12. The first-order chi connectivity index (χ1) is 62.7. The Balaban J connectivity index is 0.749. The molecule has 29 nitrogen and oxygen atoms in total. The highest BCUT2D eigenvalue weighted by Crippen LogP contribution is 2.67. The van der Waals surface area contributed by atoms with Crippen LogP contribution in [0.4, 0.5) is 4.79 Å². The van der Waals surface area contributed by atoms with Crippen molar-refractivity contribution in [2.75, 3.05) is 44.7 Å². The van der Waals surface area contributed by atoms with Gasteiger partial charge in [0.25, 0.3) is 5.91 Å². The van der Waals surface area contributed by atoms with Crippen LogP contribution >= 0.6 is 21.6 Å². The third kappa shape index (κ3) is 24.4. The van der Waals surface area contributed by atoms with Crippen LogP contribution in [0.2, 0.25) is 0 Å². The number of benzene rings is 3. The van der Waals surface area contributed by atoms with Gasteiger partial charge in [0.15, 0.2) is 5.78 Å². The SMILES string of the molecule is CC(C)CCCC(C)C1CCC2C3CC=C4CC(OC(=O)NCCCCC5NCC(=O)C(CC6C=NC7C=CC=CC67)NC(=O)C(Cc6ccc(O)cc6)NC(=O)C(NC(=O)C(Cc6ccc7ccccc7c6)NC(=O)C6CCCN6C(=O)C6CCCN6C(=O)C6=CN(C)C=CC6)CSSCC(C(=O)NC(C(N)=O)C(C)O)NC(=O)C(C(C)C)NC5=O)CCC4(C)C3CCC12C. The van der Waals surface area contributed by atoms with E-state index >= 15 is 33.6 Å². The predicted molar refractivity (Wildman–Crippen MR) is 507 cm³/mol. The van der Waals surface area contributed by atoms with E-state index < -0.39 is 150 Å². The van der Waals surface area contributed by atoms with Crippen LogP contribution in [-0.2, 0) is 70.3 Å². The Kier molecular flexibility index (Phi) is 33.7. The summed E-state index contributed by atoms with van der Waals surface area (Å²) in [5.74, 6) is -5.96. The van der Waals surface area contributed by atoms with Crippen LogP contribution in [0.15, 0.2) is 132 Å². The number of aliphatic hydroxyl groups is 1. The second-order valence-electron chi connectivity index (χ2n) is 39.7. The molecule has 5 aliphatic carbocycles. The van der Waals surface area contributed by atoms with Crippen LogP contribution in [0.1, 0.15) is 195 Å². The van der Waals surface area contributed by atoms with Gasteiger partial charge in [-0.05, 0) is 202 Å². The molecule has 22 unspecified atom stereocenters. The summed E-state index contributed by atoms with van der Waals surface area (Å²) in [4.78, 5) is 188. The first-order valence-electron chi connectivity index (χ1n) is 47.8. The highest BCUT2D eigenvalue weighted by Gasteiger charge is 2.60. The van der Waals surface area contributed by atoms with Crippen molar-refractivity contribution in [2.24, 2.45) is 74.8 Å². The number of aliphatic hydroxyl groups excluding tert-OH is 1. The quantitative estimate of drug-likeness (QED) is 0.0183. The summed E-state index contributed by atoms with van der Waals surface area (Å²) in [6.45, 7) is 17.0. The highest BCUT2D eigenvalue weighted by atomic mass is 33.1. The van der Waals surface area contributed by atoms with Crippen LogP contribution in [0.3, 0.4) is 0 Å². The number of rotatable bonds is 28. The van der Waals surface area contributed by atoms with E-state index in [9.17, 15) is 34.2 Å². The van der Waals surface area contributed by atoms with Crippen molar-refractivity contribution in [3.63, 3.8) is 0 Å². The molecule has 0 bridgehead atoms. The topological polar surface area (TPSA) is 411 Å². The number of phenolic OH excluding ortho intramolecular Hbond substituents is 1. The van der Waals surface area contributed by atoms with Crippen LogP contribution in [-0.4, -0.2) is 225 Å². The van der Waals surface area contributed by atoms with Gasteiger partial charge in [-0.2, -0.15) is 0 Å². The van der Waals surface area contributed by atoms with Gasteiger partial charge in [0, 0.05) is 87.3 Å². The number of nitrogens with two attached hydrogens (primary N) is 1. The minimum absolute atomic E-state index is 0.00355. The molecule has 5 heterocycles. The third-order valence-electron chi connectivity index (χ3n) is 29.9. The first kappa shape index (κ1) is 98.6. The first-order valence-corrected chi connectivity index (χ1v) is 50.3. The Labute approximate surface area is 778 Å². The lowest BCUT2D eigenvalue weighted by atomic mass is 9.47. The number of allylic oxidation sites excluding steroid dienone is 4. The zero-order chi connectivity index (χ0) is 93.5. The van der Waals surface area contributed by atoms with Crippen molar-refractivity contribution in [3.05, 3.63) is 138 Å². The summed E-state index contributed by atoms with van der Waals surface area (Å²) < 4.78 is 6.21. The number of aliphatic imine (C=N–C) groups is 1. The maximum absolute atomic E-state index is 15.8. The zero-order valence-electron chi connectivity index (χ0n) is 77.4. The van der Waals surface area contributed by atoms with E-state index in [-0.39, 0.29) is 91.8 Å². The second-order valence-corrected chi connectivity index (χ2v) is 42.2. The number of hydrogen-bond acceptors (Lipinski definition) is 20. The number of alkyl carbamates (subject to hydrolysis) is 1. The molecule has 3 saturated heterocycles. The summed E-state index contributed by atoms with van der Waals surface area (Å²) >= 11 is 0. The molecule has 3 saturated carbocycles. The average molecular weight is 1840 g/mol. The maximum atomic E-state index is 15.8.